The molecule has 4 nitrogen and oxygen atoms in total. The molecule has 0 saturated heterocycles. The van der Waals surface area contributed by atoms with Crippen molar-refractivity contribution in [2.24, 2.45) is 0 Å². The summed E-state index contributed by atoms with van der Waals surface area (Å²) < 4.78 is 1.84. The van der Waals surface area contributed by atoms with Crippen LogP contribution in [-0.4, -0.2) is 15.6 Å². The number of rotatable bonds is 4. The number of pyridine rings is 1. The van der Waals surface area contributed by atoms with E-state index in [1.54, 1.807) is 18.2 Å². The van der Waals surface area contributed by atoms with E-state index in [1.807, 2.05) is 25.3 Å². The maximum atomic E-state index is 12.6. The van der Waals surface area contributed by atoms with Crippen LogP contribution in [0.15, 0.2) is 23.0 Å². The van der Waals surface area contributed by atoms with Crippen LogP contribution in [0.1, 0.15) is 35.5 Å². The largest absolute Gasteiger partial charge is 0.477 e. The number of hydrogen-bond donors (Lipinski definition) is 1. The molecule has 6 heteroatoms. The number of aromatic nitrogens is 1. The molecule has 1 N–H and O–H groups in total. The van der Waals surface area contributed by atoms with Crippen LogP contribution in [0.2, 0.25) is 10.0 Å². The van der Waals surface area contributed by atoms with Crippen LogP contribution in [0.25, 0.3) is 11.3 Å². The summed E-state index contributed by atoms with van der Waals surface area (Å²) in [5, 5.41) is 10.3. The monoisotopic (exact) mass is 353 g/mol. The van der Waals surface area contributed by atoms with Crippen molar-refractivity contribution >= 4 is 29.2 Å². The van der Waals surface area contributed by atoms with Crippen LogP contribution >= 0.6 is 23.2 Å². The molecule has 1 heterocycles. The zero-order valence-corrected chi connectivity index (χ0v) is 14.6. The molecule has 0 aliphatic rings. The molecule has 2 aromatic rings. The van der Waals surface area contributed by atoms with Crippen molar-refractivity contribution in [2.45, 2.75) is 33.7 Å². The van der Waals surface area contributed by atoms with Gasteiger partial charge in [-0.25, -0.2) is 4.79 Å². The Kier molecular flexibility index (Phi) is 5.17. The molecule has 1 aromatic heterocycles. The van der Waals surface area contributed by atoms with Gasteiger partial charge in [-0.15, -0.1) is 0 Å². The van der Waals surface area contributed by atoms with E-state index in [1.165, 1.54) is 0 Å². The number of carboxylic acid groups (broad SMARTS) is 1. The lowest BCUT2D eigenvalue weighted by Crippen LogP contribution is -2.26. The summed E-state index contributed by atoms with van der Waals surface area (Å²) in [6.07, 6.45) is 0.479. The van der Waals surface area contributed by atoms with Crippen LogP contribution in [0.3, 0.4) is 0 Å². The van der Waals surface area contributed by atoms with Gasteiger partial charge in [-0.3, -0.25) is 4.79 Å². The van der Waals surface area contributed by atoms with Crippen molar-refractivity contribution in [1.82, 2.24) is 4.57 Å². The second kappa shape index (κ2) is 6.77. The van der Waals surface area contributed by atoms with Crippen molar-refractivity contribution in [1.29, 1.82) is 0 Å². The third kappa shape index (κ3) is 3.01. The molecule has 0 bridgehead atoms. The normalized spacial score (nSPS) is 10.8. The van der Waals surface area contributed by atoms with E-state index in [-0.39, 0.29) is 5.56 Å². The van der Waals surface area contributed by atoms with Crippen molar-refractivity contribution < 1.29 is 9.90 Å². The molecule has 122 valence electrons. The number of halogens is 2. The van der Waals surface area contributed by atoms with Gasteiger partial charge < -0.3 is 9.67 Å². The predicted molar refractivity (Wildman–Crippen MR) is 92.9 cm³/mol. The highest BCUT2D eigenvalue weighted by Crippen LogP contribution is 2.31. The topological polar surface area (TPSA) is 59.3 Å². The Labute approximate surface area is 144 Å². The third-order valence-corrected chi connectivity index (χ3v) is 4.67. The minimum Gasteiger partial charge on any atom is -0.477 e. The first-order valence-electron chi connectivity index (χ1n) is 7.28. The molecule has 0 aliphatic heterocycles. The van der Waals surface area contributed by atoms with Gasteiger partial charge in [0.2, 0.25) is 0 Å². The lowest BCUT2D eigenvalue weighted by atomic mass is 9.99. The van der Waals surface area contributed by atoms with Gasteiger partial charge in [0.05, 0.1) is 15.7 Å². The zero-order valence-electron chi connectivity index (χ0n) is 13.1. The summed E-state index contributed by atoms with van der Waals surface area (Å²) in [4.78, 5) is 24.4. The van der Waals surface area contributed by atoms with Crippen LogP contribution < -0.4 is 5.43 Å². The lowest BCUT2D eigenvalue weighted by molar-refractivity contribution is 0.0695. The average Bonchev–Trinajstić information content (AvgIpc) is 2.49. The molecule has 0 amide bonds. The highest BCUT2D eigenvalue weighted by atomic mass is 35.5. The summed E-state index contributed by atoms with van der Waals surface area (Å²) in [6.45, 7) is 6.11. The Balaban J connectivity index is 2.98. The lowest BCUT2D eigenvalue weighted by Gasteiger charge is -2.20. The van der Waals surface area contributed by atoms with E-state index < -0.39 is 11.4 Å². The maximum absolute atomic E-state index is 12.6. The second-order valence-corrected chi connectivity index (χ2v) is 5.96. The smallest absolute Gasteiger partial charge is 0.341 e. The third-order valence-electron chi connectivity index (χ3n) is 3.93. The zero-order chi connectivity index (χ0) is 17.3. The fraction of sp³-hybridized carbons (Fsp3) is 0.294. The van der Waals surface area contributed by atoms with Crippen LogP contribution in [0.5, 0.6) is 0 Å². The number of carboxylic acids is 1. The Bertz CT molecular complexity index is 841. The second-order valence-electron chi connectivity index (χ2n) is 5.15. The molecule has 0 saturated carbocycles. The SMILES string of the molecule is CCc1c(C)n(CC)c(-c2ccc(Cl)c(Cl)c2)c(C(=O)O)c1=O. The predicted octanol–water partition coefficient (Wildman–Crippen LogP) is 4.41. The van der Waals surface area contributed by atoms with Crippen molar-refractivity contribution in [3.8, 4) is 11.3 Å². The van der Waals surface area contributed by atoms with Gasteiger partial charge in [-0.05, 0) is 32.4 Å². The van der Waals surface area contributed by atoms with E-state index in [0.29, 0.717) is 39.8 Å². The van der Waals surface area contributed by atoms with Crippen LogP contribution in [0.4, 0.5) is 0 Å². The number of hydrogen-bond acceptors (Lipinski definition) is 2. The molecule has 2 rings (SSSR count). The molecule has 0 aliphatic carbocycles. The summed E-state index contributed by atoms with van der Waals surface area (Å²) in [5.41, 5.74) is 1.54. The minimum absolute atomic E-state index is 0.229. The van der Waals surface area contributed by atoms with Crippen molar-refractivity contribution in [3.05, 3.63) is 55.3 Å². The van der Waals surface area contributed by atoms with E-state index in [4.69, 9.17) is 23.2 Å². The Morgan fingerprint density at radius 2 is 1.87 bits per heavy atom. The van der Waals surface area contributed by atoms with Gasteiger partial charge in [0.1, 0.15) is 5.56 Å². The first kappa shape index (κ1) is 17.6. The summed E-state index contributed by atoms with van der Waals surface area (Å²) in [6, 6.07) is 4.85. The number of aromatic carboxylic acids is 1. The highest BCUT2D eigenvalue weighted by molar-refractivity contribution is 6.42. The van der Waals surface area contributed by atoms with E-state index in [2.05, 4.69) is 0 Å². The average molecular weight is 354 g/mol. The van der Waals surface area contributed by atoms with Crippen LogP contribution in [0, 0.1) is 6.92 Å². The summed E-state index contributed by atoms with van der Waals surface area (Å²) in [5.74, 6) is -1.24. The molecule has 0 atom stereocenters. The van der Waals surface area contributed by atoms with Crippen molar-refractivity contribution in [3.63, 3.8) is 0 Å². The molecule has 0 fully saturated rings. The molecule has 23 heavy (non-hydrogen) atoms. The van der Waals surface area contributed by atoms with Gasteiger partial charge in [0.15, 0.2) is 5.43 Å². The fourth-order valence-corrected chi connectivity index (χ4v) is 3.14. The van der Waals surface area contributed by atoms with Crippen molar-refractivity contribution in [2.75, 3.05) is 0 Å². The van der Waals surface area contributed by atoms with E-state index in [0.717, 1.165) is 5.69 Å². The first-order valence-corrected chi connectivity index (χ1v) is 8.03. The van der Waals surface area contributed by atoms with Gasteiger partial charge in [0.25, 0.3) is 0 Å². The Hall–Kier alpha value is -1.78. The fourth-order valence-electron chi connectivity index (χ4n) is 2.84. The summed E-state index contributed by atoms with van der Waals surface area (Å²) in [7, 11) is 0. The molecule has 1 aromatic carbocycles. The van der Waals surface area contributed by atoms with E-state index >= 15 is 0 Å². The minimum atomic E-state index is -1.24. The Morgan fingerprint density at radius 1 is 1.22 bits per heavy atom. The molecule has 0 spiro atoms. The standard InChI is InChI=1S/C17H17Cl2NO3/c1-4-11-9(3)20(5-2)15(14(16(11)21)17(22)23)10-6-7-12(18)13(19)8-10/h6-8H,4-5H2,1-3H3,(H,22,23). The highest BCUT2D eigenvalue weighted by Gasteiger charge is 2.24. The molecule has 0 unspecified atom stereocenters. The number of carbonyl (C=O) groups is 1. The van der Waals surface area contributed by atoms with Crippen LogP contribution in [-0.2, 0) is 13.0 Å². The quantitative estimate of drug-likeness (QED) is 0.885. The van der Waals surface area contributed by atoms with Gasteiger partial charge in [-0.1, -0.05) is 36.2 Å². The molecular weight excluding hydrogens is 337 g/mol. The van der Waals surface area contributed by atoms with E-state index in [9.17, 15) is 14.7 Å². The van der Waals surface area contributed by atoms with Gasteiger partial charge in [-0.2, -0.15) is 0 Å². The first-order chi connectivity index (χ1) is 10.8. The number of nitrogens with zero attached hydrogens (tertiary/aromatic N) is 1. The summed E-state index contributed by atoms with van der Waals surface area (Å²) >= 11 is 12.0. The maximum Gasteiger partial charge on any atom is 0.341 e. The number of benzene rings is 1. The van der Waals surface area contributed by atoms with Gasteiger partial charge >= 0.3 is 5.97 Å². The molecular formula is C17H17Cl2NO3. The Morgan fingerprint density at radius 3 is 2.35 bits per heavy atom. The van der Waals surface area contributed by atoms with Gasteiger partial charge in [0, 0.05) is 23.4 Å². The molecule has 0 radical (unpaired) electrons.